The van der Waals surface area contributed by atoms with Crippen LogP contribution in [0, 0.1) is 20.8 Å². The van der Waals surface area contributed by atoms with Gasteiger partial charge in [0.15, 0.2) is 0 Å². The van der Waals surface area contributed by atoms with Crippen LogP contribution in [-0.4, -0.2) is 5.21 Å². The van der Waals surface area contributed by atoms with Crippen molar-refractivity contribution in [3.8, 4) is 0 Å². The molecule has 1 N–H and O–H groups in total. The predicted molar refractivity (Wildman–Crippen MR) is 85.1 cm³/mol. The van der Waals surface area contributed by atoms with Crippen LogP contribution in [-0.2, 0) is 0 Å². The van der Waals surface area contributed by atoms with Crippen LogP contribution in [0.1, 0.15) is 16.9 Å². The van der Waals surface area contributed by atoms with Gasteiger partial charge in [-0.25, -0.2) is 0 Å². The summed E-state index contributed by atoms with van der Waals surface area (Å²) in [7, 11) is 0. The summed E-state index contributed by atoms with van der Waals surface area (Å²) in [5.41, 5.74) is 3.78. The Morgan fingerprint density at radius 2 is 1.50 bits per heavy atom. The Hall–Kier alpha value is -2.75. The first-order valence-electron chi connectivity index (χ1n) is 7.14. The van der Waals surface area contributed by atoms with Gasteiger partial charge in [0, 0.05) is 21.7 Å². The molecule has 0 fully saturated rings. The van der Waals surface area contributed by atoms with Gasteiger partial charge in [0.2, 0.25) is 0 Å². The maximum absolute atomic E-state index is 9.26. The standard InChI is InChI=1S/C18H15NO3/c1-9-11(3)21-16-10(2)17-15(8-14(9)16)12-6-4-5-7-13(12)18(19-20)22-17/h4-8,20H,1-3H3/b19-18-. The third-order valence-corrected chi connectivity index (χ3v) is 4.38. The second-order valence-corrected chi connectivity index (χ2v) is 5.59. The summed E-state index contributed by atoms with van der Waals surface area (Å²) in [5.74, 6) is 0.907. The van der Waals surface area contributed by atoms with Crippen LogP contribution in [0.4, 0.5) is 0 Å². The number of fused-ring (bicyclic) bond motifs is 4. The fraction of sp³-hybridized carbons (Fsp3) is 0.167. The van der Waals surface area contributed by atoms with Crippen LogP contribution in [0.3, 0.4) is 0 Å². The Labute approximate surface area is 126 Å². The first-order valence-corrected chi connectivity index (χ1v) is 7.14. The lowest BCUT2D eigenvalue weighted by molar-refractivity contribution is 0.279. The molecule has 4 heteroatoms. The van der Waals surface area contributed by atoms with Gasteiger partial charge in [-0.15, -0.1) is 0 Å². The van der Waals surface area contributed by atoms with Gasteiger partial charge < -0.3 is 14.0 Å². The number of hydrogen-bond donors (Lipinski definition) is 1. The van der Waals surface area contributed by atoms with E-state index in [0.717, 1.165) is 44.0 Å². The normalized spacial score (nSPS) is 12.8. The minimum absolute atomic E-state index is 0.213. The molecular formula is C18H15NO3. The summed E-state index contributed by atoms with van der Waals surface area (Å²) in [6, 6.07) is 9.86. The summed E-state index contributed by atoms with van der Waals surface area (Å²) in [5, 5.41) is 16.4. The molecule has 2 aromatic heterocycles. The van der Waals surface area contributed by atoms with Crippen LogP contribution >= 0.6 is 0 Å². The zero-order chi connectivity index (χ0) is 15.4. The van der Waals surface area contributed by atoms with Gasteiger partial charge in [0.25, 0.3) is 5.55 Å². The lowest BCUT2D eigenvalue weighted by Gasteiger charge is -2.06. The first kappa shape index (κ1) is 13.0. The quantitative estimate of drug-likeness (QED) is 0.294. The lowest BCUT2D eigenvalue weighted by Crippen LogP contribution is -2.03. The minimum Gasteiger partial charge on any atom is -0.461 e. The number of rotatable bonds is 0. The highest BCUT2D eigenvalue weighted by molar-refractivity contribution is 6.10. The second-order valence-electron chi connectivity index (χ2n) is 5.59. The van der Waals surface area contributed by atoms with E-state index in [-0.39, 0.29) is 5.55 Å². The van der Waals surface area contributed by atoms with E-state index in [9.17, 15) is 5.21 Å². The molecule has 0 radical (unpaired) electrons. The number of aryl methyl sites for hydroxylation is 3. The Bertz CT molecular complexity index is 1120. The fourth-order valence-electron chi connectivity index (χ4n) is 3.07. The highest BCUT2D eigenvalue weighted by Gasteiger charge is 2.16. The summed E-state index contributed by atoms with van der Waals surface area (Å²) in [6.07, 6.45) is 0. The molecule has 0 aliphatic heterocycles. The van der Waals surface area contributed by atoms with E-state index in [0.29, 0.717) is 5.58 Å². The van der Waals surface area contributed by atoms with Crippen molar-refractivity contribution in [3.63, 3.8) is 0 Å². The monoisotopic (exact) mass is 293 g/mol. The predicted octanol–water partition coefficient (Wildman–Crippen LogP) is 4.55. The van der Waals surface area contributed by atoms with Gasteiger partial charge in [0.05, 0.1) is 0 Å². The number of nitrogens with zero attached hydrogens (tertiary/aromatic N) is 1. The van der Waals surface area contributed by atoms with Gasteiger partial charge in [-0.05, 0) is 49.0 Å². The van der Waals surface area contributed by atoms with Crippen molar-refractivity contribution < 1.29 is 14.0 Å². The average molecular weight is 293 g/mol. The number of furan rings is 1. The maximum Gasteiger partial charge on any atom is 0.263 e. The van der Waals surface area contributed by atoms with Gasteiger partial charge in [-0.3, -0.25) is 0 Å². The molecule has 0 unspecified atom stereocenters. The molecule has 2 aromatic carbocycles. The Morgan fingerprint density at radius 1 is 0.818 bits per heavy atom. The van der Waals surface area contributed by atoms with E-state index in [1.165, 1.54) is 0 Å². The summed E-state index contributed by atoms with van der Waals surface area (Å²) >= 11 is 0. The molecule has 0 amide bonds. The van der Waals surface area contributed by atoms with Crippen LogP contribution in [0.2, 0.25) is 0 Å². The zero-order valence-corrected chi connectivity index (χ0v) is 12.6. The fourth-order valence-corrected chi connectivity index (χ4v) is 3.07. The van der Waals surface area contributed by atoms with E-state index in [2.05, 4.69) is 18.1 Å². The molecule has 4 aromatic rings. The third kappa shape index (κ3) is 1.55. The van der Waals surface area contributed by atoms with Crippen molar-refractivity contribution in [3.05, 3.63) is 52.8 Å². The Kier molecular flexibility index (Phi) is 2.57. The third-order valence-electron chi connectivity index (χ3n) is 4.38. The van der Waals surface area contributed by atoms with Crippen LogP contribution in [0.15, 0.2) is 44.3 Å². The molecule has 0 atom stereocenters. The zero-order valence-electron chi connectivity index (χ0n) is 12.6. The van der Waals surface area contributed by atoms with E-state index in [1.807, 2.05) is 38.1 Å². The van der Waals surface area contributed by atoms with Crippen molar-refractivity contribution >= 4 is 32.7 Å². The molecule has 0 aliphatic rings. The van der Waals surface area contributed by atoms with Crippen LogP contribution < -0.4 is 5.55 Å². The van der Waals surface area contributed by atoms with Crippen LogP contribution in [0.5, 0.6) is 0 Å². The average Bonchev–Trinajstić information content (AvgIpc) is 2.83. The molecule has 110 valence electrons. The molecular weight excluding hydrogens is 278 g/mol. The first-order chi connectivity index (χ1) is 10.6. The number of hydrogen-bond acceptors (Lipinski definition) is 4. The van der Waals surface area contributed by atoms with Gasteiger partial charge in [0.1, 0.15) is 16.9 Å². The molecule has 4 nitrogen and oxygen atoms in total. The molecule has 0 saturated carbocycles. The van der Waals surface area contributed by atoms with Gasteiger partial charge in [-0.2, -0.15) is 0 Å². The highest BCUT2D eigenvalue weighted by Crippen LogP contribution is 2.35. The maximum atomic E-state index is 9.26. The summed E-state index contributed by atoms with van der Waals surface area (Å²) < 4.78 is 11.7. The van der Waals surface area contributed by atoms with E-state index < -0.39 is 0 Å². The Balaban J connectivity index is 2.37. The minimum atomic E-state index is 0.213. The largest absolute Gasteiger partial charge is 0.461 e. The van der Waals surface area contributed by atoms with Crippen molar-refractivity contribution in [1.29, 1.82) is 0 Å². The summed E-state index contributed by atoms with van der Waals surface area (Å²) in [6.45, 7) is 5.98. The van der Waals surface area contributed by atoms with Crippen molar-refractivity contribution in [2.24, 2.45) is 5.16 Å². The Morgan fingerprint density at radius 3 is 2.23 bits per heavy atom. The molecule has 0 saturated heterocycles. The van der Waals surface area contributed by atoms with Gasteiger partial charge >= 0.3 is 0 Å². The molecule has 22 heavy (non-hydrogen) atoms. The van der Waals surface area contributed by atoms with Crippen molar-refractivity contribution in [2.45, 2.75) is 20.8 Å². The van der Waals surface area contributed by atoms with E-state index in [4.69, 9.17) is 8.83 Å². The second kappa shape index (κ2) is 4.37. The summed E-state index contributed by atoms with van der Waals surface area (Å²) in [4.78, 5) is 0. The molecule has 0 aliphatic carbocycles. The lowest BCUT2D eigenvalue weighted by atomic mass is 10.0. The van der Waals surface area contributed by atoms with Crippen molar-refractivity contribution in [1.82, 2.24) is 0 Å². The molecule has 0 bridgehead atoms. The SMILES string of the molecule is Cc1oc2c(C)c3o/c(=N\O)c4ccccc4c3cc2c1C. The molecule has 2 heterocycles. The van der Waals surface area contributed by atoms with E-state index >= 15 is 0 Å². The smallest absolute Gasteiger partial charge is 0.263 e. The molecule has 0 spiro atoms. The number of benzene rings is 2. The molecule has 4 rings (SSSR count). The van der Waals surface area contributed by atoms with Crippen LogP contribution in [0.25, 0.3) is 32.7 Å². The highest BCUT2D eigenvalue weighted by atomic mass is 16.5. The van der Waals surface area contributed by atoms with E-state index in [1.54, 1.807) is 0 Å². The topological polar surface area (TPSA) is 58.9 Å². The van der Waals surface area contributed by atoms with Gasteiger partial charge in [-0.1, -0.05) is 18.2 Å². The van der Waals surface area contributed by atoms with Crippen molar-refractivity contribution in [2.75, 3.05) is 0 Å².